The second kappa shape index (κ2) is 61.8. The molecule has 0 aliphatic heterocycles. The van der Waals surface area contributed by atoms with Gasteiger partial charge in [-0.05, 0) is 76.7 Å². The highest BCUT2D eigenvalue weighted by Crippen LogP contribution is 2.38. The van der Waals surface area contributed by atoms with Crippen molar-refractivity contribution in [2.45, 2.75) is 348 Å². The third kappa shape index (κ3) is 62.2. The normalized spacial score (nSPS) is 13.9. The van der Waals surface area contributed by atoms with Crippen LogP contribution in [0, 0.1) is 0 Å². The van der Waals surface area contributed by atoms with Crippen LogP contribution in [0.25, 0.3) is 0 Å². The molecule has 0 aromatic carbocycles. The summed E-state index contributed by atoms with van der Waals surface area (Å²) in [6.07, 6.45) is 79.1. The smallest absolute Gasteiger partial charge is 0.306 e. The second-order valence-electron chi connectivity index (χ2n) is 25.0. The van der Waals surface area contributed by atoms with E-state index in [0.29, 0.717) is 17.4 Å². The lowest BCUT2D eigenvalue weighted by Gasteiger charge is -2.30. The van der Waals surface area contributed by atoms with Gasteiger partial charge in [0.25, 0.3) is 7.82 Å². The van der Waals surface area contributed by atoms with Crippen molar-refractivity contribution >= 4 is 19.7 Å². The predicted molar refractivity (Wildman–Crippen MR) is 353 cm³/mol. The number of amides is 1. The monoisotopic (exact) mass is 1170 g/mol. The van der Waals surface area contributed by atoms with E-state index in [1.165, 1.54) is 212 Å². The van der Waals surface area contributed by atoms with Crippen molar-refractivity contribution in [1.82, 2.24) is 5.32 Å². The summed E-state index contributed by atoms with van der Waals surface area (Å²) >= 11 is 0. The van der Waals surface area contributed by atoms with Gasteiger partial charge in [0.05, 0.1) is 33.8 Å². The zero-order valence-electron chi connectivity index (χ0n) is 54.9. The molecule has 1 N–H and O–H groups in total. The molecule has 82 heavy (non-hydrogen) atoms. The molecular formula is C72H135N2O7P. The molecule has 3 atom stereocenters. The van der Waals surface area contributed by atoms with Crippen molar-refractivity contribution in [3.63, 3.8) is 0 Å². The molecule has 0 radical (unpaired) electrons. The van der Waals surface area contributed by atoms with Gasteiger partial charge in [0.1, 0.15) is 19.3 Å². The fraction of sp³-hybridized carbons (Fsp3) is 0.833. The summed E-state index contributed by atoms with van der Waals surface area (Å²) in [5, 5.41) is 3.04. The molecule has 0 aromatic heterocycles. The predicted octanol–water partition coefficient (Wildman–Crippen LogP) is 21.5. The number of phosphoric ester groups is 1. The topological polar surface area (TPSA) is 114 Å². The molecule has 0 fully saturated rings. The van der Waals surface area contributed by atoms with Gasteiger partial charge in [-0.25, -0.2) is 0 Å². The van der Waals surface area contributed by atoms with Gasteiger partial charge in [0, 0.05) is 12.8 Å². The lowest BCUT2D eigenvalue weighted by Crippen LogP contribution is -2.47. The van der Waals surface area contributed by atoms with E-state index in [1.807, 2.05) is 33.3 Å². The summed E-state index contributed by atoms with van der Waals surface area (Å²) in [5.41, 5.74) is 0. The third-order valence-electron chi connectivity index (χ3n) is 15.7. The number of nitrogens with zero attached hydrogens (tertiary/aromatic N) is 1. The number of rotatable bonds is 64. The Kier molecular flexibility index (Phi) is 60.1. The molecule has 0 spiro atoms. The minimum atomic E-state index is -4.70. The molecule has 0 saturated heterocycles. The number of allylic oxidation sites excluding steroid dienone is 9. The largest absolute Gasteiger partial charge is 0.756 e. The summed E-state index contributed by atoms with van der Waals surface area (Å²) in [4.78, 5) is 40.2. The molecule has 0 aliphatic rings. The van der Waals surface area contributed by atoms with Crippen LogP contribution in [0.2, 0.25) is 0 Å². The summed E-state index contributed by atoms with van der Waals surface area (Å²) in [6, 6.07) is -0.891. The van der Waals surface area contributed by atoms with E-state index >= 15 is 0 Å². The number of likely N-dealkylation sites (N-methyl/N-ethyl adjacent to an activating group) is 1. The molecule has 0 saturated carbocycles. The first-order valence-corrected chi connectivity index (χ1v) is 36.6. The zero-order valence-corrected chi connectivity index (χ0v) is 55.8. The summed E-state index contributed by atoms with van der Waals surface area (Å²) in [5.74, 6) is -0.534. The first-order valence-electron chi connectivity index (χ1n) is 35.1. The maximum absolute atomic E-state index is 13.6. The number of carbonyl (C=O) groups excluding carboxylic acids is 2. The molecule has 1 amide bonds. The van der Waals surface area contributed by atoms with E-state index in [4.69, 9.17) is 13.8 Å². The van der Waals surface area contributed by atoms with Crippen LogP contribution in [0.15, 0.2) is 60.8 Å². The average molecular weight is 1170 g/mol. The fourth-order valence-electron chi connectivity index (χ4n) is 10.3. The first kappa shape index (κ1) is 79.7. The third-order valence-corrected chi connectivity index (χ3v) is 16.7. The van der Waals surface area contributed by atoms with Gasteiger partial charge in [-0.3, -0.25) is 14.2 Å². The molecule has 0 bridgehead atoms. The molecule has 0 aromatic rings. The average Bonchev–Trinajstić information content (AvgIpc) is 3.44. The Morgan fingerprint density at radius 3 is 1.13 bits per heavy atom. The number of nitrogens with one attached hydrogen (secondary N) is 1. The SMILES string of the molecule is CCCCC/C=C\C/C=C\C/C=C\C/C=C\CCCCCCCCCCCC(=O)NC(COP(=O)([O-])OCC[N+](C)(C)C)C(/C=C\CCCCCCCCCCCC)OC(=O)CCCCCCCCCCCCCCCCCCCCC. The number of ether oxygens (including phenoxy) is 1. The molecule has 3 unspecified atom stereocenters. The van der Waals surface area contributed by atoms with Crippen LogP contribution in [0.1, 0.15) is 335 Å². The second-order valence-corrected chi connectivity index (χ2v) is 26.5. The lowest BCUT2D eigenvalue weighted by molar-refractivity contribution is -0.870. The van der Waals surface area contributed by atoms with E-state index in [9.17, 15) is 19.0 Å². The minimum absolute atomic E-state index is 0.0231. The van der Waals surface area contributed by atoms with Gasteiger partial charge in [0.2, 0.25) is 5.91 Å². The van der Waals surface area contributed by atoms with Gasteiger partial charge in [-0.1, -0.05) is 307 Å². The van der Waals surface area contributed by atoms with E-state index in [1.54, 1.807) is 0 Å². The van der Waals surface area contributed by atoms with Crippen LogP contribution in [-0.4, -0.2) is 69.4 Å². The van der Waals surface area contributed by atoms with Gasteiger partial charge < -0.3 is 28.5 Å². The van der Waals surface area contributed by atoms with Crippen LogP contribution >= 0.6 is 7.82 Å². The van der Waals surface area contributed by atoms with Gasteiger partial charge >= 0.3 is 5.97 Å². The Balaban J connectivity index is 5.09. The molecular weight excluding hydrogens is 1040 g/mol. The number of unbranched alkanes of at least 4 members (excludes halogenated alkanes) is 40. The Hall–Kier alpha value is -2.29. The Morgan fingerprint density at radius 2 is 0.744 bits per heavy atom. The summed E-state index contributed by atoms with van der Waals surface area (Å²) in [6.45, 7) is 6.85. The molecule has 480 valence electrons. The van der Waals surface area contributed by atoms with Crippen molar-refractivity contribution in [1.29, 1.82) is 0 Å². The number of hydrogen-bond acceptors (Lipinski definition) is 7. The Morgan fingerprint density at radius 1 is 0.427 bits per heavy atom. The number of quaternary nitrogens is 1. The minimum Gasteiger partial charge on any atom is -0.756 e. The highest BCUT2D eigenvalue weighted by atomic mass is 31.2. The fourth-order valence-corrected chi connectivity index (χ4v) is 11.0. The standard InChI is InChI=1S/C72H135N2O7P/c1-7-10-13-16-19-22-25-28-30-32-34-35-36-37-38-39-41-42-44-46-49-52-55-58-61-64-71(75)73-69(68-80-82(77,78)79-67-66-74(4,5)6)70(63-60-57-54-51-48-27-24-21-18-15-12-9-3)81-72(76)65-62-59-56-53-50-47-45-43-40-33-31-29-26-23-20-17-14-11-8-2/h19,22,28,30,34-35,37-38,60,63,69-70H,7-18,20-21,23-27,29,31-33,36,39-59,61-62,64-68H2,1-6H3,(H-,73,75,77,78)/b22-19-,30-28-,35-34-,38-37-,63-60-. The van der Waals surface area contributed by atoms with Crippen LogP contribution < -0.4 is 10.2 Å². The maximum atomic E-state index is 13.6. The number of phosphoric acid groups is 1. The summed E-state index contributed by atoms with van der Waals surface area (Å²) < 4.78 is 30.4. The lowest BCUT2D eigenvalue weighted by atomic mass is 10.0. The first-order chi connectivity index (χ1) is 39.9. The van der Waals surface area contributed by atoms with Gasteiger partial charge in [-0.15, -0.1) is 0 Å². The van der Waals surface area contributed by atoms with Crippen LogP contribution in [-0.2, 0) is 27.9 Å². The maximum Gasteiger partial charge on any atom is 0.306 e. The van der Waals surface area contributed by atoms with Crippen molar-refractivity contribution in [2.24, 2.45) is 0 Å². The van der Waals surface area contributed by atoms with Crippen molar-refractivity contribution < 1.29 is 37.3 Å². The van der Waals surface area contributed by atoms with E-state index in [-0.39, 0.29) is 31.5 Å². The Bertz CT molecular complexity index is 1590. The van der Waals surface area contributed by atoms with Crippen LogP contribution in [0.4, 0.5) is 0 Å². The molecule has 9 nitrogen and oxygen atoms in total. The highest BCUT2D eigenvalue weighted by molar-refractivity contribution is 7.45. The summed E-state index contributed by atoms with van der Waals surface area (Å²) in [7, 11) is 1.19. The van der Waals surface area contributed by atoms with Crippen molar-refractivity contribution in [2.75, 3.05) is 40.9 Å². The van der Waals surface area contributed by atoms with E-state index in [2.05, 4.69) is 74.7 Å². The number of hydrogen-bond donors (Lipinski definition) is 1. The van der Waals surface area contributed by atoms with Crippen molar-refractivity contribution in [3.05, 3.63) is 60.8 Å². The van der Waals surface area contributed by atoms with Gasteiger partial charge in [-0.2, -0.15) is 0 Å². The van der Waals surface area contributed by atoms with E-state index < -0.39 is 20.0 Å². The molecule has 0 heterocycles. The van der Waals surface area contributed by atoms with Gasteiger partial charge in [0.15, 0.2) is 0 Å². The molecule has 0 rings (SSSR count). The number of esters is 1. The van der Waals surface area contributed by atoms with Crippen LogP contribution in [0.3, 0.4) is 0 Å². The van der Waals surface area contributed by atoms with Crippen molar-refractivity contribution in [3.8, 4) is 0 Å². The molecule has 0 aliphatic carbocycles. The van der Waals surface area contributed by atoms with E-state index in [0.717, 1.165) is 89.9 Å². The highest BCUT2D eigenvalue weighted by Gasteiger charge is 2.27. The van der Waals surface area contributed by atoms with Crippen LogP contribution in [0.5, 0.6) is 0 Å². The quantitative estimate of drug-likeness (QED) is 0.0212. The number of carbonyl (C=O) groups is 2. The Labute approximate surface area is 509 Å². The zero-order chi connectivity index (χ0) is 60.0. The molecule has 10 heteroatoms.